The molecule has 3 aromatic rings. The van der Waals surface area contributed by atoms with Crippen LogP contribution in [0.5, 0.6) is 0 Å². The van der Waals surface area contributed by atoms with E-state index in [4.69, 9.17) is 23.2 Å². The van der Waals surface area contributed by atoms with E-state index in [0.717, 1.165) is 10.6 Å². The molecule has 34 heavy (non-hydrogen) atoms. The Morgan fingerprint density at radius 1 is 1.18 bits per heavy atom. The third-order valence-corrected chi connectivity index (χ3v) is 6.31. The number of hydrogen-bond donors (Lipinski definition) is 2. The quantitative estimate of drug-likeness (QED) is 0.473. The number of amides is 1. The van der Waals surface area contributed by atoms with E-state index in [1.807, 2.05) is 6.07 Å². The Morgan fingerprint density at radius 2 is 1.88 bits per heavy atom. The molecule has 0 radical (unpaired) electrons. The number of benzene rings is 2. The molecular formula is C22H19Cl2F3N4O3. The van der Waals surface area contributed by atoms with Gasteiger partial charge < -0.3 is 10.2 Å². The standard InChI is InChI=1S/C22H19Cl2F3N4O3/c1-11-5-6-13(10-31(11)34-21(33)22(25,26)27)20(32)28-19-14-9-12(7-8-17(14)29-30-19)18-15(23)3-2-4-16(18)24/h2-4,7-9,11,13H,5-6,10H2,1H3,(H2,28,29,30,32)/t11-,13+/m0/s1. The highest BCUT2D eigenvalue weighted by Crippen LogP contribution is 2.37. The zero-order valence-electron chi connectivity index (χ0n) is 17.7. The number of hydrogen-bond acceptors (Lipinski definition) is 5. The van der Waals surface area contributed by atoms with Crippen molar-refractivity contribution in [3.05, 3.63) is 46.4 Å². The number of carbonyl (C=O) groups is 2. The van der Waals surface area contributed by atoms with E-state index in [2.05, 4.69) is 20.4 Å². The predicted octanol–water partition coefficient (Wildman–Crippen LogP) is 5.60. The first-order valence-corrected chi connectivity index (χ1v) is 11.1. The molecule has 0 unspecified atom stereocenters. The summed E-state index contributed by atoms with van der Waals surface area (Å²) in [7, 11) is 0. The van der Waals surface area contributed by atoms with Crippen molar-refractivity contribution in [1.82, 2.24) is 15.3 Å². The van der Waals surface area contributed by atoms with E-state index in [1.165, 1.54) is 0 Å². The maximum Gasteiger partial charge on any atom is 0.492 e. The molecule has 2 atom stereocenters. The van der Waals surface area contributed by atoms with Crippen molar-refractivity contribution < 1.29 is 27.6 Å². The second-order valence-corrected chi connectivity index (χ2v) is 8.83. The van der Waals surface area contributed by atoms with Gasteiger partial charge in [0.25, 0.3) is 0 Å². The largest absolute Gasteiger partial charge is 0.492 e. The number of nitrogens with zero attached hydrogens (tertiary/aromatic N) is 2. The SMILES string of the molecule is C[C@H]1CC[C@@H](C(=O)Nc2n[nH]c3ccc(-c4c(Cl)cccc4Cl)cc23)CN1OC(=O)C(F)(F)F. The zero-order valence-corrected chi connectivity index (χ0v) is 19.3. The number of piperidine rings is 1. The molecule has 2 aromatic carbocycles. The molecule has 2 heterocycles. The number of fused-ring (bicyclic) bond motifs is 1. The Labute approximate surface area is 202 Å². The van der Waals surface area contributed by atoms with Crippen molar-refractivity contribution in [3.63, 3.8) is 0 Å². The Hall–Kier alpha value is -2.82. The molecule has 0 bridgehead atoms. The molecule has 1 aliphatic rings. The third kappa shape index (κ3) is 4.98. The van der Waals surface area contributed by atoms with Crippen LogP contribution in [0.4, 0.5) is 19.0 Å². The van der Waals surface area contributed by atoms with Gasteiger partial charge in [0.05, 0.1) is 11.4 Å². The lowest BCUT2D eigenvalue weighted by molar-refractivity contribution is -0.251. The van der Waals surface area contributed by atoms with Gasteiger partial charge in [-0.05, 0) is 49.6 Å². The van der Waals surface area contributed by atoms with Crippen LogP contribution in [-0.4, -0.2) is 45.9 Å². The van der Waals surface area contributed by atoms with Gasteiger partial charge in [-0.25, -0.2) is 4.79 Å². The Morgan fingerprint density at radius 3 is 2.56 bits per heavy atom. The fraction of sp³-hybridized carbons (Fsp3) is 0.318. The van der Waals surface area contributed by atoms with E-state index >= 15 is 0 Å². The number of rotatable bonds is 4. The fourth-order valence-corrected chi connectivity index (χ4v) is 4.45. The first-order valence-electron chi connectivity index (χ1n) is 10.3. The normalized spacial score (nSPS) is 19.2. The van der Waals surface area contributed by atoms with Crippen LogP contribution in [0.2, 0.25) is 10.0 Å². The summed E-state index contributed by atoms with van der Waals surface area (Å²) in [5.74, 6) is -3.22. The van der Waals surface area contributed by atoms with Crippen LogP contribution in [0.25, 0.3) is 22.0 Å². The molecule has 4 rings (SSSR count). The summed E-state index contributed by atoms with van der Waals surface area (Å²) in [6.07, 6.45) is -4.33. The van der Waals surface area contributed by atoms with Crippen LogP contribution in [-0.2, 0) is 14.4 Å². The minimum absolute atomic E-state index is 0.169. The van der Waals surface area contributed by atoms with Crippen LogP contribution in [0, 0.1) is 5.92 Å². The zero-order chi connectivity index (χ0) is 24.6. The number of H-pyrrole nitrogens is 1. The smallest absolute Gasteiger partial charge is 0.361 e. The topological polar surface area (TPSA) is 87.3 Å². The number of hydroxylamine groups is 2. The van der Waals surface area contributed by atoms with Crippen LogP contribution in [0.3, 0.4) is 0 Å². The van der Waals surface area contributed by atoms with Crippen molar-refractivity contribution in [1.29, 1.82) is 0 Å². The average molecular weight is 515 g/mol. The third-order valence-electron chi connectivity index (χ3n) is 5.68. The molecule has 1 amide bonds. The first-order chi connectivity index (χ1) is 16.0. The molecule has 7 nitrogen and oxygen atoms in total. The van der Waals surface area contributed by atoms with Gasteiger partial charge >= 0.3 is 12.1 Å². The van der Waals surface area contributed by atoms with Gasteiger partial charge in [0.15, 0.2) is 5.82 Å². The van der Waals surface area contributed by atoms with Crippen LogP contribution < -0.4 is 5.32 Å². The van der Waals surface area contributed by atoms with Crippen molar-refractivity contribution >= 4 is 51.8 Å². The second kappa shape index (κ2) is 9.44. The molecule has 180 valence electrons. The predicted molar refractivity (Wildman–Crippen MR) is 121 cm³/mol. The number of aromatic amines is 1. The maximum absolute atomic E-state index is 12.9. The molecule has 2 N–H and O–H groups in total. The second-order valence-electron chi connectivity index (χ2n) is 8.02. The lowest BCUT2D eigenvalue weighted by Gasteiger charge is -2.35. The Kier molecular flexibility index (Phi) is 6.75. The highest BCUT2D eigenvalue weighted by molar-refractivity contribution is 6.39. The van der Waals surface area contributed by atoms with Gasteiger partial charge in [-0.1, -0.05) is 35.3 Å². The van der Waals surface area contributed by atoms with E-state index in [1.54, 1.807) is 37.3 Å². The first kappa shape index (κ1) is 24.3. The van der Waals surface area contributed by atoms with Gasteiger partial charge in [0.1, 0.15) is 0 Å². The van der Waals surface area contributed by atoms with Crippen LogP contribution in [0.15, 0.2) is 36.4 Å². The Balaban J connectivity index is 1.53. The molecule has 0 saturated carbocycles. The lowest BCUT2D eigenvalue weighted by Crippen LogP contribution is -2.48. The van der Waals surface area contributed by atoms with Crippen LogP contribution >= 0.6 is 23.2 Å². The summed E-state index contributed by atoms with van der Waals surface area (Å²) in [4.78, 5) is 28.6. The van der Waals surface area contributed by atoms with Crippen LogP contribution in [0.1, 0.15) is 19.8 Å². The minimum atomic E-state index is -5.12. The number of aromatic nitrogens is 2. The molecule has 1 aromatic heterocycles. The summed E-state index contributed by atoms with van der Waals surface area (Å²) in [6, 6.07) is 10.1. The molecule has 1 saturated heterocycles. The van der Waals surface area contributed by atoms with Crippen molar-refractivity contribution in [2.24, 2.45) is 5.92 Å². The molecule has 1 aliphatic heterocycles. The van der Waals surface area contributed by atoms with Gasteiger partial charge in [0, 0.05) is 33.6 Å². The number of anilines is 1. The number of nitrogens with one attached hydrogen (secondary N) is 2. The molecule has 0 spiro atoms. The van der Waals surface area contributed by atoms with E-state index in [0.29, 0.717) is 39.4 Å². The fourth-order valence-electron chi connectivity index (χ4n) is 3.83. The summed E-state index contributed by atoms with van der Waals surface area (Å²) < 4.78 is 37.8. The average Bonchev–Trinajstić information content (AvgIpc) is 3.16. The summed E-state index contributed by atoms with van der Waals surface area (Å²) in [6.45, 7) is 1.46. The minimum Gasteiger partial charge on any atom is -0.361 e. The molecular weight excluding hydrogens is 496 g/mol. The van der Waals surface area contributed by atoms with E-state index < -0.39 is 30.0 Å². The highest BCUT2D eigenvalue weighted by atomic mass is 35.5. The molecule has 0 aliphatic carbocycles. The highest BCUT2D eigenvalue weighted by Gasteiger charge is 2.44. The maximum atomic E-state index is 12.9. The van der Waals surface area contributed by atoms with Gasteiger partial charge in [-0.2, -0.15) is 18.3 Å². The summed E-state index contributed by atoms with van der Waals surface area (Å²) in [5, 5.41) is 12.1. The Bertz CT molecular complexity index is 1230. The number of alkyl halides is 3. The molecule has 1 fully saturated rings. The monoisotopic (exact) mass is 514 g/mol. The summed E-state index contributed by atoms with van der Waals surface area (Å²) in [5.41, 5.74) is 2.01. The van der Waals surface area contributed by atoms with E-state index in [9.17, 15) is 22.8 Å². The number of carbonyl (C=O) groups excluding carboxylic acids is 2. The van der Waals surface area contributed by atoms with Gasteiger partial charge in [-0.3, -0.25) is 9.89 Å². The van der Waals surface area contributed by atoms with E-state index in [-0.39, 0.29) is 12.4 Å². The number of halogens is 5. The van der Waals surface area contributed by atoms with Gasteiger partial charge in [0.2, 0.25) is 5.91 Å². The lowest BCUT2D eigenvalue weighted by atomic mass is 9.94. The van der Waals surface area contributed by atoms with Crippen molar-refractivity contribution in [3.8, 4) is 11.1 Å². The van der Waals surface area contributed by atoms with Crippen molar-refractivity contribution in [2.75, 3.05) is 11.9 Å². The van der Waals surface area contributed by atoms with Gasteiger partial charge in [-0.15, -0.1) is 5.06 Å². The summed E-state index contributed by atoms with van der Waals surface area (Å²) >= 11 is 12.6. The van der Waals surface area contributed by atoms with Crippen molar-refractivity contribution in [2.45, 2.75) is 32.0 Å². The molecule has 12 heteroatoms.